The molecule has 0 bridgehead atoms. The van der Waals surface area contributed by atoms with Crippen LogP contribution in [0.3, 0.4) is 0 Å². The average Bonchev–Trinajstić information content (AvgIpc) is 2.89. The number of rotatable bonds is 6. The molecule has 1 aliphatic carbocycles. The van der Waals surface area contributed by atoms with Crippen LogP contribution >= 0.6 is 0 Å². The van der Waals surface area contributed by atoms with E-state index in [1.165, 1.54) is 49.7 Å². The first-order valence-electron chi connectivity index (χ1n) is 12.8. The van der Waals surface area contributed by atoms with Crippen molar-refractivity contribution in [3.63, 3.8) is 0 Å². The van der Waals surface area contributed by atoms with Gasteiger partial charge >= 0.3 is 0 Å². The summed E-state index contributed by atoms with van der Waals surface area (Å²) < 4.78 is 0. The Labute approximate surface area is 227 Å². The first-order valence-corrected chi connectivity index (χ1v) is 12.8. The van der Waals surface area contributed by atoms with E-state index in [0.29, 0.717) is 0 Å². The number of benzene rings is 3. The van der Waals surface area contributed by atoms with Crippen LogP contribution in [0.15, 0.2) is 97.6 Å². The van der Waals surface area contributed by atoms with Crippen molar-refractivity contribution in [3.8, 4) is 0 Å². The summed E-state index contributed by atoms with van der Waals surface area (Å²) in [6, 6.07) is 17.8. The molecule has 0 saturated heterocycles. The molecule has 0 amide bonds. The summed E-state index contributed by atoms with van der Waals surface area (Å²) >= 11 is 0. The van der Waals surface area contributed by atoms with Crippen LogP contribution in [-0.2, 0) is 6.42 Å². The Morgan fingerprint density at radius 3 is 2.35 bits per heavy atom. The Kier molecular flexibility index (Phi) is 13.1. The molecule has 0 heteroatoms. The summed E-state index contributed by atoms with van der Waals surface area (Å²) in [4.78, 5) is 0. The molecule has 0 aromatic heterocycles. The number of allylic oxidation sites excluding steroid dienone is 9. The van der Waals surface area contributed by atoms with Gasteiger partial charge in [0.2, 0.25) is 0 Å². The number of aryl methyl sites for hydroxylation is 2. The lowest BCUT2D eigenvalue weighted by Gasteiger charge is -2.18. The topological polar surface area (TPSA) is 0 Å². The summed E-state index contributed by atoms with van der Waals surface area (Å²) in [7, 11) is 0. The van der Waals surface area contributed by atoms with Crippen molar-refractivity contribution in [2.45, 2.75) is 62.3 Å². The molecule has 3 aromatic carbocycles. The van der Waals surface area contributed by atoms with E-state index < -0.39 is 0 Å². The maximum absolute atomic E-state index is 4.26. The van der Waals surface area contributed by atoms with E-state index in [-0.39, 0.29) is 14.9 Å². The molecule has 0 spiro atoms. The van der Waals surface area contributed by atoms with Gasteiger partial charge in [-0.15, -0.1) is 0 Å². The highest BCUT2D eigenvalue weighted by atomic mass is 14.2. The standard InChI is InChI=1S/C33H32.C2H6.2CH4/c1-5-7-8-14-24(3)30-20-19-27(21-25(30)4)26(13-6-2)22-29-23-28-15-9-10-16-31(28)33-18-12-11-17-32(29)33;1-2;;/h5-11,13-17,19-23H,3,12,18H2,1-2,4H3;1-2H3;2*1H4/b7-5-,13-6-,14-8-,26-22+;;;. The Morgan fingerprint density at radius 1 is 0.892 bits per heavy atom. The SMILES string of the molecule is C.C.C=C(/C=C\C=C/C)c1ccc(C(/C=C\C)=C/c2cc3ccccc3c3c2C=CCC3)cc1C.CC. The van der Waals surface area contributed by atoms with Crippen molar-refractivity contribution >= 4 is 34.1 Å². The molecule has 1 aliphatic rings. The first kappa shape index (κ1) is 31.4. The molecular weight excluding hydrogens is 444 g/mol. The maximum Gasteiger partial charge on any atom is -0.0145 e. The van der Waals surface area contributed by atoms with Crippen molar-refractivity contribution in [3.05, 3.63) is 131 Å². The quantitative estimate of drug-likeness (QED) is 0.238. The molecule has 37 heavy (non-hydrogen) atoms. The fourth-order valence-corrected chi connectivity index (χ4v) is 4.63. The minimum atomic E-state index is 0. The highest BCUT2D eigenvalue weighted by Gasteiger charge is 2.13. The predicted octanol–water partition coefficient (Wildman–Crippen LogP) is 11.7. The van der Waals surface area contributed by atoms with Crippen LogP contribution in [0.5, 0.6) is 0 Å². The number of hydrogen-bond donors (Lipinski definition) is 0. The summed E-state index contributed by atoms with van der Waals surface area (Å²) in [5.41, 5.74) is 10.0. The zero-order valence-electron chi connectivity index (χ0n) is 21.9. The summed E-state index contributed by atoms with van der Waals surface area (Å²) in [5.74, 6) is 0. The van der Waals surface area contributed by atoms with E-state index in [2.05, 4.69) is 105 Å². The molecule has 0 N–H and O–H groups in total. The lowest BCUT2D eigenvalue weighted by Crippen LogP contribution is -1.99. The summed E-state index contributed by atoms with van der Waals surface area (Å²) in [6.07, 6.45) is 21.7. The van der Waals surface area contributed by atoms with Gasteiger partial charge in [-0.1, -0.05) is 126 Å². The van der Waals surface area contributed by atoms with E-state index in [4.69, 9.17) is 0 Å². The van der Waals surface area contributed by atoms with Gasteiger partial charge < -0.3 is 0 Å². The minimum absolute atomic E-state index is 0. The zero-order chi connectivity index (χ0) is 25.2. The molecule has 0 aliphatic heterocycles. The number of fused-ring (bicyclic) bond motifs is 3. The van der Waals surface area contributed by atoms with Gasteiger partial charge in [-0.3, -0.25) is 0 Å². The largest absolute Gasteiger partial charge is 0.0912 e. The fraction of sp³-hybridized carbons (Fsp3) is 0.243. The molecule has 0 unspecified atom stereocenters. The Morgan fingerprint density at radius 2 is 1.65 bits per heavy atom. The monoisotopic (exact) mass is 490 g/mol. The second-order valence-corrected chi connectivity index (χ2v) is 8.56. The van der Waals surface area contributed by atoms with Crippen LogP contribution in [0, 0.1) is 6.92 Å². The van der Waals surface area contributed by atoms with Crippen LogP contribution in [0.1, 0.15) is 82.3 Å². The van der Waals surface area contributed by atoms with Gasteiger partial charge in [0, 0.05) is 0 Å². The zero-order valence-corrected chi connectivity index (χ0v) is 21.9. The molecule has 3 aromatic rings. The van der Waals surface area contributed by atoms with Crippen molar-refractivity contribution in [1.29, 1.82) is 0 Å². The van der Waals surface area contributed by atoms with E-state index in [1.54, 1.807) is 0 Å². The lowest BCUT2D eigenvalue weighted by molar-refractivity contribution is 0.996. The van der Waals surface area contributed by atoms with Crippen molar-refractivity contribution < 1.29 is 0 Å². The van der Waals surface area contributed by atoms with Crippen LogP contribution in [0.2, 0.25) is 0 Å². The number of hydrogen-bond acceptors (Lipinski definition) is 0. The van der Waals surface area contributed by atoms with E-state index in [9.17, 15) is 0 Å². The smallest absolute Gasteiger partial charge is 0.0145 e. The Hall–Kier alpha value is -3.64. The molecule has 0 nitrogen and oxygen atoms in total. The molecule has 4 rings (SSSR count). The third-order valence-electron chi connectivity index (χ3n) is 6.24. The lowest BCUT2D eigenvalue weighted by atomic mass is 9.87. The van der Waals surface area contributed by atoms with Gasteiger partial charge in [-0.2, -0.15) is 0 Å². The van der Waals surface area contributed by atoms with E-state index in [0.717, 1.165) is 18.4 Å². The highest BCUT2D eigenvalue weighted by molar-refractivity contribution is 5.97. The van der Waals surface area contributed by atoms with Crippen LogP contribution in [0.25, 0.3) is 34.1 Å². The van der Waals surface area contributed by atoms with E-state index >= 15 is 0 Å². The summed E-state index contributed by atoms with van der Waals surface area (Å²) in [6.45, 7) is 14.5. The fourth-order valence-electron chi connectivity index (χ4n) is 4.63. The molecule has 0 atom stereocenters. The van der Waals surface area contributed by atoms with Crippen molar-refractivity contribution in [2.24, 2.45) is 0 Å². The van der Waals surface area contributed by atoms with Gasteiger partial charge in [-0.25, -0.2) is 0 Å². The maximum atomic E-state index is 4.26. The van der Waals surface area contributed by atoms with Gasteiger partial charge in [0.05, 0.1) is 0 Å². The third kappa shape index (κ3) is 7.43. The third-order valence-corrected chi connectivity index (χ3v) is 6.24. The molecule has 0 radical (unpaired) electrons. The highest BCUT2D eigenvalue weighted by Crippen LogP contribution is 2.34. The van der Waals surface area contributed by atoms with Crippen molar-refractivity contribution in [2.75, 3.05) is 0 Å². The molecule has 0 heterocycles. The Balaban J connectivity index is 0.00000167. The van der Waals surface area contributed by atoms with Crippen LogP contribution in [-0.4, -0.2) is 0 Å². The predicted molar refractivity (Wildman–Crippen MR) is 173 cm³/mol. The van der Waals surface area contributed by atoms with Gasteiger partial charge in [0.25, 0.3) is 0 Å². The average molecular weight is 491 g/mol. The van der Waals surface area contributed by atoms with Crippen molar-refractivity contribution in [1.82, 2.24) is 0 Å². The second-order valence-electron chi connectivity index (χ2n) is 8.56. The molecule has 194 valence electrons. The summed E-state index contributed by atoms with van der Waals surface area (Å²) in [5, 5.41) is 2.69. The molecule has 0 fully saturated rings. The minimum Gasteiger partial charge on any atom is -0.0912 e. The second kappa shape index (κ2) is 15.5. The molecule has 0 saturated carbocycles. The molecular formula is C37H46. The Bertz CT molecular complexity index is 1340. The van der Waals surface area contributed by atoms with Gasteiger partial charge in [-0.05, 0) is 101 Å². The van der Waals surface area contributed by atoms with Gasteiger partial charge in [0.1, 0.15) is 0 Å². The van der Waals surface area contributed by atoms with Gasteiger partial charge in [0.15, 0.2) is 0 Å². The van der Waals surface area contributed by atoms with Crippen LogP contribution < -0.4 is 0 Å². The van der Waals surface area contributed by atoms with E-state index in [1.807, 2.05) is 39.0 Å². The first-order chi connectivity index (χ1) is 17.1. The van der Waals surface area contributed by atoms with Crippen LogP contribution in [0.4, 0.5) is 0 Å². The normalized spacial score (nSPS) is 12.7.